The van der Waals surface area contributed by atoms with Crippen LogP contribution < -0.4 is 11.3 Å². The summed E-state index contributed by atoms with van der Waals surface area (Å²) in [6, 6.07) is 7.56. The van der Waals surface area contributed by atoms with Crippen LogP contribution >= 0.6 is 11.6 Å². The lowest BCUT2D eigenvalue weighted by molar-refractivity contribution is 1.18. The number of aromatic amines is 1. The van der Waals surface area contributed by atoms with E-state index in [1.807, 2.05) is 31.2 Å². The summed E-state index contributed by atoms with van der Waals surface area (Å²) in [7, 11) is 0. The van der Waals surface area contributed by atoms with Gasteiger partial charge < -0.3 is 4.98 Å². The molecule has 1 heterocycles. The quantitative estimate of drug-likeness (QED) is 0.540. The first-order valence-electron chi connectivity index (χ1n) is 4.50. The molecule has 4 nitrogen and oxygen atoms in total. The van der Waals surface area contributed by atoms with E-state index < -0.39 is 0 Å². The zero-order chi connectivity index (χ0) is 10.8. The molecule has 0 saturated heterocycles. The van der Waals surface area contributed by atoms with Gasteiger partial charge in [-0.3, -0.25) is 5.43 Å². The molecule has 0 aliphatic rings. The Hall–Kier alpha value is -1.52. The molecule has 4 N–H and O–H groups in total. The molecule has 0 aliphatic heterocycles. The molecule has 1 aromatic carbocycles. The number of anilines is 1. The summed E-state index contributed by atoms with van der Waals surface area (Å²) in [4.78, 5) is 7.30. The van der Waals surface area contributed by atoms with Crippen molar-refractivity contribution in [3.05, 3.63) is 35.0 Å². The maximum Gasteiger partial charge on any atom is 0.215 e. The van der Waals surface area contributed by atoms with E-state index in [-0.39, 0.29) is 0 Å². The highest BCUT2D eigenvalue weighted by Gasteiger charge is 2.10. The summed E-state index contributed by atoms with van der Waals surface area (Å²) in [6.07, 6.45) is 0. The van der Waals surface area contributed by atoms with Crippen LogP contribution in [0.5, 0.6) is 0 Å². The molecule has 0 atom stereocenters. The molecule has 0 bridgehead atoms. The first-order valence-corrected chi connectivity index (χ1v) is 4.88. The van der Waals surface area contributed by atoms with E-state index in [1.54, 1.807) is 0 Å². The number of hydrogen-bond donors (Lipinski definition) is 3. The minimum absolute atomic E-state index is 0.530. The fraction of sp³-hybridized carbons (Fsp3) is 0.100. The Bertz CT molecular complexity index is 478. The first-order chi connectivity index (χ1) is 7.22. The molecule has 0 fully saturated rings. The van der Waals surface area contributed by atoms with Crippen LogP contribution in [0.2, 0.25) is 5.02 Å². The second kappa shape index (κ2) is 3.92. The SMILES string of the molecule is Cc1[nH]c(NN)nc1-c1ccccc1Cl. The van der Waals surface area contributed by atoms with Crippen LogP contribution in [-0.4, -0.2) is 9.97 Å². The van der Waals surface area contributed by atoms with Gasteiger partial charge in [-0.15, -0.1) is 0 Å². The number of halogens is 1. The van der Waals surface area contributed by atoms with Crippen molar-refractivity contribution < 1.29 is 0 Å². The molecule has 0 amide bonds. The predicted molar refractivity (Wildman–Crippen MR) is 61.6 cm³/mol. The number of aromatic nitrogens is 2. The second-order valence-corrected chi connectivity index (χ2v) is 3.59. The Balaban J connectivity index is 2.54. The van der Waals surface area contributed by atoms with Crippen molar-refractivity contribution >= 4 is 17.5 Å². The zero-order valence-corrected chi connectivity index (χ0v) is 8.97. The Labute approximate surface area is 92.4 Å². The number of benzene rings is 1. The third-order valence-electron chi connectivity index (χ3n) is 2.15. The van der Waals surface area contributed by atoms with Crippen LogP contribution in [0.3, 0.4) is 0 Å². The Morgan fingerprint density at radius 2 is 2.13 bits per heavy atom. The Kier molecular flexibility index (Phi) is 2.62. The van der Waals surface area contributed by atoms with Gasteiger partial charge in [0.05, 0.1) is 10.7 Å². The number of hydrogen-bond acceptors (Lipinski definition) is 3. The Morgan fingerprint density at radius 3 is 2.73 bits per heavy atom. The summed E-state index contributed by atoms with van der Waals surface area (Å²) >= 11 is 6.08. The van der Waals surface area contributed by atoms with E-state index in [0.29, 0.717) is 11.0 Å². The van der Waals surface area contributed by atoms with Crippen molar-refractivity contribution in [2.24, 2.45) is 5.84 Å². The predicted octanol–water partition coefficient (Wildman–Crippen LogP) is 2.32. The number of aryl methyl sites for hydroxylation is 1. The monoisotopic (exact) mass is 222 g/mol. The van der Waals surface area contributed by atoms with Crippen LogP contribution in [0.15, 0.2) is 24.3 Å². The number of nitrogen functional groups attached to an aromatic ring is 1. The van der Waals surface area contributed by atoms with E-state index in [1.165, 1.54) is 0 Å². The third kappa shape index (κ3) is 1.82. The van der Waals surface area contributed by atoms with E-state index in [2.05, 4.69) is 15.4 Å². The topological polar surface area (TPSA) is 66.7 Å². The summed E-state index contributed by atoms with van der Waals surface area (Å²) in [5.74, 6) is 5.80. The molecule has 2 rings (SSSR count). The van der Waals surface area contributed by atoms with E-state index >= 15 is 0 Å². The number of nitrogens with two attached hydrogens (primary N) is 1. The number of imidazole rings is 1. The molecule has 15 heavy (non-hydrogen) atoms. The van der Waals surface area contributed by atoms with Crippen LogP contribution in [0.1, 0.15) is 5.69 Å². The molecule has 0 unspecified atom stereocenters. The lowest BCUT2D eigenvalue weighted by Crippen LogP contribution is -2.07. The maximum absolute atomic E-state index is 6.08. The minimum Gasteiger partial charge on any atom is -0.327 e. The highest BCUT2D eigenvalue weighted by Crippen LogP contribution is 2.28. The Morgan fingerprint density at radius 1 is 1.40 bits per heavy atom. The molecule has 1 aromatic heterocycles. The van der Waals surface area contributed by atoms with Gasteiger partial charge >= 0.3 is 0 Å². The third-order valence-corrected chi connectivity index (χ3v) is 2.48. The lowest BCUT2D eigenvalue weighted by atomic mass is 10.1. The van der Waals surface area contributed by atoms with Gasteiger partial charge in [-0.05, 0) is 13.0 Å². The number of nitrogens with one attached hydrogen (secondary N) is 2. The van der Waals surface area contributed by atoms with E-state index in [0.717, 1.165) is 17.0 Å². The minimum atomic E-state index is 0.530. The van der Waals surface area contributed by atoms with E-state index in [4.69, 9.17) is 17.4 Å². The zero-order valence-electron chi connectivity index (χ0n) is 8.21. The van der Waals surface area contributed by atoms with Gasteiger partial charge in [0.25, 0.3) is 0 Å². The van der Waals surface area contributed by atoms with Crippen molar-refractivity contribution in [1.29, 1.82) is 0 Å². The molecule has 0 aliphatic carbocycles. The standard InChI is InChI=1S/C10H11ClN4/c1-6-9(14-10(13-6)15-12)7-4-2-3-5-8(7)11/h2-5H,12H2,1H3,(H2,13,14,15). The van der Waals surface area contributed by atoms with Crippen molar-refractivity contribution in [3.63, 3.8) is 0 Å². The number of H-pyrrole nitrogens is 1. The second-order valence-electron chi connectivity index (χ2n) is 3.18. The fourth-order valence-electron chi connectivity index (χ4n) is 1.44. The van der Waals surface area contributed by atoms with Gasteiger partial charge in [-0.1, -0.05) is 29.8 Å². The van der Waals surface area contributed by atoms with Crippen LogP contribution in [0, 0.1) is 6.92 Å². The molecule has 5 heteroatoms. The molecule has 2 aromatic rings. The molecular weight excluding hydrogens is 212 g/mol. The van der Waals surface area contributed by atoms with Crippen molar-refractivity contribution in [2.45, 2.75) is 6.92 Å². The van der Waals surface area contributed by atoms with Crippen LogP contribution in [0.4, 0.5) is 5.95 Å². The molecule has 78 valence electrons. The summed E-state index contributed by atoms with van der Waals surface area (Å²) in [5.41, 5.74) is 5.11. The van der Waals surface area contributed by atoms with Crippen LogP contribution in [-0.2, 0) is 0 Å². The summed E-state index contributed by atoms with van der Waals surface area (Å²) in [6.45, 7) is 1.92. The van der Waals surface area contributed by atoms with Gasteiger partial charge in [-0.2, -0.15) is 0 Å². The number of hydrazine groups is 1. The maximum atomic E-state index is 6.08. The normalized spacial score (nSPS) is 10.3. The van der Waals surface area contributed by atoms with Gasteiger partial charge in [0, 0.05) is 11.3 Å². The molecular formula is C10H11ClN4. The largest absolute Gasteiger partial charge is 0.327 e. The average Bonchev–Trinajstić information content (AvgIpc) is 2.60. The lowest BCUT2D eigenvalue weighted by Gasteiger charge is -2.00. The van der Waals surface area contributed by atoms with Crippen LogP contribution in [0.25, 0.3) is 11.3 Å². The summed E-state index contributed by atoms with van der Waals surface area (Å²) < 4.78 is 0. The smallest absolute Gasteiger partial charge is 0.215 e. The molecule has 0 spiro atoms. The fourth-order valence-corrected chi connectivity index (χ4v) is 1.67. The van der Waals surface area contributed by atoms with Crippen molar-refractivity contribution in [1.82, 2.24) is 9.97 Å². The van der Waals surface area contributed by atoms with Gasteiger partial charge in [-0.25, -0.2) is 10.8 Å². The van der Waals surface area contributed by atoms with Crippen molar-refractivity contribution in [2.75, 3.05) is 5.43 Å². The highest BCUT2D eigenvalue weighted by atomic mass is 35.5. The van der Waals surface area contributed by atoms with Gasteiger partial charge in [0.2, 0.25) is 5.95 Å². The average molecular weight is 223 g/mol. The highest BCUT2D eigenvalue weighted by molar-refractivity contribution is 6.33. The van der Waals surface area contributed by atoms with Gasteiger partial charge in [0.15, 0.2) is 0 Å². The number of nitrogens with zero attached hydrogens (tertiary/aromatic N) is 1. The first kappa shape index (κ1) is 10.0. The van der Waals surface area contributed by atoms with E-state index in [9.17, 15) is 0 Å². The van der Waals surface area contributed by atoms with Crippen molar-refractivity contribution in [3.8, 4) is 11.3 Å². The van der Waals surface area contributed by atoms with Gasteiger partial charge in [0.1, 0.15) is 0 Å². The number of rotatable bonds is 2. The summed E-state index contributed by atoms with van der Waals surface area (Å²) in [5, 5.41) is 0.677. The molecule has 0 saturated carbocycles. The molecule has 0 radical (unpaired) electrons.